The van der Waals surface area contributed by atoms with Gasteiger partial charge in [0.1, 0.15) is 5.82 Å². The number of hydrogen-bond acceptors (Lipinski definition) is 6. The van der Waals surface area contributed by atoms with Crippen LogP contribution in [0.5, 0.6) is 0 Å². The summed E-state index contributed by atoms with van der Waals surface area (Å²) in [6, 6.07) is 8.85. The van der Waals surface area contributed by atoms with Gasteiger partial charge in [-0.1, -0.05) is 6.07 Å². The van der Waals surface area contributed by atoms with Crippen LogP contribution in [0.15, 0.2) is 53.4 Å². The summed E-state index contributed by atoms with van der Waals surface area (Å²) in [5.41, 5.74) is 0.0231. The molecular formula is C17H16FN3O6S. The Bertz CT molecular complexity index is 992. The Kier molecular flexibility index (Phi) is 6.66. The summed E-state index contributed by atoms with van der Waals surface area (Å²) in [6.07, 6.45) is 0. The van der Waals surface area contributed by atoms with Gasteiger partial charge in [0.2, 0.25) is 0 Å². The van der Waals surface area contributed by atoms with E-state index in [1.807, 2.05) is 5.32 Å². The maximum absolute atomic E-state index is 12.9. The van der Waals surface area contributed by atoms with E-state index in [1.54, 1.807) is 0 Å². The summed E-state index contributed by atoms with van der Waals surface area (Å²) in [6.45, 7) is -0.725. The fourth-order valence-corrected chi connectivity index (χ4v) is 3.07. The predicted molar refractivity (Wildman–Crippen MR) is 96.5 cm³/mol. The molecule has 0 aliphatic heterocycles. The molecule has 28 heavy (non-hydrogen) atoms. The van der Waals surface area contributed by atoms with Gasteiger partial charge in [-0.05, 0) is 42.5 Å². The van der Waals surface area contributed by atoms with Crippen molar-refractivity contribution < 1.29 is 31.9 Å². The molecule has 3 amide bonds. The molecule has 0 heterocycles. The molecule has 0 saturated carbocycles. The van der Waals surface area contributed by atoms with Crippen molar-refractivity contribution in [2.75, 3.05) is 18.4 Å². The normalized spacial score (nSPS) is 10.6. The lowest BCUT2D eigenvalue weighted by molar-refractivity contribution is -0.123. The Morgan fingerprint density at radius 3 is 2.39 bits per heavy atom. The number of carbonyl (C=O) groups is 3. The Hall–Kier alpha value is -3.47. The number of amides is 3. The zero-order valence-electron chi connectivity index (χ0n) is 14.6. The van der Waals surface area contributed by atoms with Crippen LogP contribution >= 0.6 is 0 Å². The Balaban J connectivity index is 2.07. The van der Waals surface area contributed by atoms with E-state index in [0.29, 0.717) is 0 Å². The fourth-order valence-electron chi connectivity index (χ4n) is 1.96. The number of sulfonamides is 1. The van der Waals surface area contributed by atoms with E-state index < -0.39 is 40.4 Å². The summed E-state index contributed by atoms with van der Waals surface area (Å²) in [4.78, 5) is 34.2. The lowest BCUT2D eigenvalue weighted by Crippen LogP contribution is -2.39. The van der Waals surface area contributed by atoms with E-state index >= 15 is 0 Å². The lowest BCUT2D eigenvalue weighted by Gasteiger charge is -2.09. The number of hydrogen-bond donors (Lipinski definition) is 3. The Morgan fingerprint density at radius 1 is 1.07 bits per heavy atom. The molecule has 0 radical (unpaired) electrons. The second-order valence-corrected chi connectivity index (χ2v) is 7.03. The SMILES string of the molecule is CNC(=O)NC(=O)COC(=O)c1cccc(S(=O)(=O)Nc2ccc(F)cc2)c1. The van der Waals surface area contributed by atoms with Crippen molar-refractivity contribution >= 4 is 33.6 Å². The third-order valence-electron chi connectivity index (χ3n) is 3.29. The van der Waals surface area contributed by atoms with E-state index in [9.17, 15) is 27.2 Å². The number of benzene rings is 2. The summed E-state index contributed by atoms with van der Waals surface area (Å²) in [5.74, 6) is -2.33. The fraction of sp³-hybridized carbons (Fsp3) is 0.118. The minimum Gasteiger partial charge on any atom is -0.452 e. The van der Waals surface area contributed by atoms with Gasteiger partial charge in [0, 0.05) is 12.7 Å². The summed E-state index contributed by atoms with van der Waals surface area (Å²) >= 11 is 0. The average Bonchev–Trinajstić information content (AvgIpc) is 2.67. The smallest absolute Gasteiger partial charge is 0.338 e. The van der Waals surface area contributed by atoms with Crippen molar-refractivity contribution in [3.05, 3.63) is 59.9 Å². The number of halogens is 1. The van der Waals surface area contributed by atoms with Crippen LogP contribution in [0.1, 0.15) is 10.4 Å². The molecule has 11 heteroatoms. The van der Waals surface area contributed by atoms with Gasteiger partial charge in [-0.3, -0.25) is 14.8 Å². The van der Waals surface area contributed by atoms with Crippen LogP contribution in [0.25, 0.3) is 0 Å². The van der Waals surface area contributed by atoms with E-state index in [4.69, 9.17) is 4.74 Å². The van der Waals surface area contributed by atoms with Crippen LogP contribution in [-0.2, 0) is 19.6 Å². The van der Waals surface area contributed by atoms with Crippen molar-refractivity contribution in [3.63, 3.8) is 0 Å². The molecule has 0 fully saturated rings. The molecule has 0 atom stereocenters. The lowest BCUT2D eigenvalue weighted by atomic mass is 10.2. The van der Waals surface area contributed by atoms with Crippen LogP contribution in [0.4, 0.5) is 14.9 Å². The second-order valence-electron chi connectivity index (χ2n) is 5.34. The number of nitrogens with one attached hydrogen (secondary N) is 3. The second kappa shape index (κ2) is 8.95. The molecule has 3 N–H and O–H groups in total. The molecule has 2 rings (SSSR count). The van der Waals surface area contributed by atoms with Crippen molar-refractivity contribution in [3.8, 4) is 0 Å². The third kappa shape index (κ3) is 5.77. The largest absolute Gasteiger partial charge is 0.452 e. The molecule has 0 unspecified atom stereocenters. The molecule has 0 aromatic heterocycles. The third-order valence-corrected chi connectivity index (χ3v) is 4.67. The van der Waals surface area contributed by atoms with E-state index in [-0.39, 0.29) is 16.1 Å². The number of rotatable bonds is 6. The number of anilines is 1. The highest BCUT2D eigenvalue weighted by molar-refractivity contribution is 7.92. The van der Waals surface area contributed by atoms with Crippen molar-refractivity contribution in [1.82, 2.24) is 10.6 Å². The maximum Gasteiger partial charge on any atom is 0.338 e. The van der Waals surface area contributed by atoms with E-state index in [2.05, 4.69) is 10.0 Å². The topological polar surface area (TPSA) is 131 Å². The minimum absolute atomic E-state index is 0.116. The van der Waals surface area contributed by atoms with E-state index in [1.165, 1.54) is 37.4 Å². The minimum atomic E-state index is -4.05. The Morgan fingerprint density at radius 2 is 1.75 bits per heavy atom. The van der Waals surface area contributed by atoms with Crippen LogP contribution in [0.3, 0.4) is 0 Å². The highest BCUT2D eigenvalue weighted by Crippen LogP contribution is 2.18. The number of urea groups is 1. The summed E-state index contributed by atoms with van der Waals surface area (Å²) in [7, 11) is -2.74. The van der Waals surface area contributed by atoms with Crippen LogP contribution in [0.2, 0.25) is 0 Å². The first-order valence-corrected chi connectivity index (χ1v) is 9.27. The highest BCUT2D eigenvalue weighted by atomic mass is 32.2. The molecule has 0 bridgehead atoms. The van der Waals surface area contributed by atoms with Crippen molar-refractivity contribution in [1.29, 1.82) is 0 Å². The number of esters is 1. The zero-order valence-corrected chi connectivity index (χ0v) is 15.4. The van der Waals surface area contributed by atoms with Crippen molar-refractivity contribution in [2.24, 2.45) is 0 Å². The maximum atomic E-state index is 12.9. The Labute approximate surface area is 159 Å². The molecule has 2 aromatic carbocycles. The van der Waals surface area contributed by atoms with Gasteiger partial charge < -0.3 is 10.1 Å². The summed E-state index contributed by atoms with van der Waals surface area (Å²) < 4.78 is 44.8. The molecule has 0 spiro atoms. The average molecular weight is 409 g/mol. The first-order valence-electron chi connectivity index (χ1n) is 7.78. The molecule has 148 valence electrons. The van der Waals surface area contributed by atoms with Gasteiger partial charge in [0.05, 0.1) is 10.5 Å². The van der Waals surface area contributed by atoms with Crippen LogP contribution in [-0.4, -0.2) is 40.0 Å². The molecular weight excluding hydrogens is 393 g/mol. The van der Waals surface area contributed by atoms with E-state index in [0.717, 1.165) is 18.2 Å². The molecule has 2 aromatic rings. The van der Waals surface area contributed by atoms with Crippen molar-refractivity contribution in [2.45, 2.75) is 4.90 Å². The number of carbonyl (C=O) groups excluding carboxylic acids is 3. The molecule has 0 aliphatic carbocycles. The first kappa shape index (κ1) is 20.8. The van der Waals surface area contributed by atoms with Gasteiger partial charge in [0.15, 0.2) is 6.61 Å². The number of ether oxygens (including phenoxy) is 1. The standard InChI is InChI=1S/C17H16FN3O6S/c1-19-17(24)20-15(22)10-27-16(23)11-3-2-4-14(9-11)28(25,26)21-13-7-5-12(18)6-8-13/h2-9,21H,10H2,1H3,(H2,19,20,22,24). The van der Waals surface area contributed by atoms with Gasteiger partial charge in [-0.15, -0.1) is 0 Å². The van der Waals surface area contributed by atoms with Crippen LogP contribution < -0.4 is 15.4 Å². The zero-order chi connectivity index (χ0) is 20.7. The first-order chi connectivity index (χ1) is 13.2. The van der Waals surface area contributed by atoms with Gasteiger partial charge in [-0.25, -0.2) is 22.4 Å². The van der Waals surface area contributed by atoms with Gasteiger partial charge >= 0.3 is 12.0 Å². The summed E-state index contributed by atoms with van der Waals surface area (Å²) in [5, 5.41) is 4.06. The monoisotopic (exact) mass is 409 g/mol. The highest BCUT2D eigenvalue weighted by Gasteiger charge is 2.18. The molecule has 9 nitrogen and oxygen atoms in total. The quantitative estimate of drug-likeness (QED) is 0.616. The van der Waals surface area contributed by atoms with Gasteiger partial charge in [-0.2, -0.15) is 0 Å². The predicted octanol–water partition coefficient (Wildman–Crippen LogP) is 1.24. The molecule has 0 saturated heterocycles. The molecule has 0 aliphatic rings. The van der Waals surface area contributed by atoms with Gasteiger partial charge in [0.25, 0.3) is 15.9 Å². The number of imide groups is 1. The van der Waals surface area contributed by atoms with Crippen LogP contribution in [0, 0.1) is 5.82 Å².